The molecule has 0 radical (unpaired) electrons. The van der Waals surface area contributed by atoms with Gasteiger partial charge in [0.1, 0.15) is 0 Å². The number of hydrogen-bond donors (Lipinski definition) is 0. The molecule has 0 N–H and O–H groups in total. The van der Waals surface area contributed by atoms with Crippen LogP contribution in [0.15, 0.2) is 30.9 Å². The molecule has 108 valence electrons. The minimum atomic E-state index is -1.13. The maximum Gasteiger partial charge on any atom is 0.299 e. The van der Waals surface area contributed by atoms with Gasteiger partial charge in [0.2, 0.25) is 0 Å². The highest BCUT2D eigenvalue weighted by Crippen LogP contribution is 2.31. The highest BCUT2D eigenvalue weighted by Gasteiger charge is 2.36. The molecule has 0 saturated carbocycles. The predicted molar refractivity (Wildman–Crippen MR) is 69.9 cm³/mol. The number of amides is 1. The highest BCUT2D eigenvalue weighted by atomic mass is 19.2. The minimum Gasteiger partial charge on any atom is -0.337 e. The summed E-state index contributed by atoms with van der Waals surface area (Å²) in [4.78, 5) is 28.7. The molecule has 0 fully saturated rings. The number of carbonyl (C=O) groups is 2. The third-order valence-corrected chi connectivity index (χ3v) is 3.37. The number of carbonyl (C=O) groups excluding carboxylic acids is 2. The number of fused-ring (bicyclic) bond motifs is 1. The van der Waals surface area contributed by atoms with Crippen LogP contribution in [-0.2, 0) is 11.3 Å². The number of Topliss-reactive ketones (excluding diaryl/α,β-unsaturated/α-hetero) is 1. The molecular weight excluding hydrogens is 280 g/mol. The lowest BCUT2D eigenvalue weighted by atomic mass is 10.1. The van der Waals surface area contributed by atoms with Crippen molar-refractivity contribution in [2.45, 2.75) is 13.0 Å². The quantitative estimate of drug-likeness (QED) is 0.807. The van der Waals surface area contributed by atoms with Crippen LogP contribution in [-0.4, -0.2) is 27.8 Å². The zero-order valence-electron chi connectivity index (χ0n) is 10.9. The average Bonchev–Trinajstić information content (AvgIpc) is 3.04. The molecule has 21 heavy (non-hydrogen) atoms. The first-order chi connectivity index (χ1) is 10.1. The fraction of sp³-hybridized carbons (Fsp3) is 0.214. The molecule has 0 saturated heterocycles. The van der Waals surface area contributed by atoms with Crippen LogP contribution in [0.1, 0.15) is 16.8 Å². The van der Waals surface area contributed by atoms with Crippen LogP contribution in [0.25, 0.3) is 0 Å². The monoisotopic (exact) mass is 291 g/mol. The smallest absolute Gasteiger partial charge is 0.299 e. The summed E-state index contributed by atoms with van der Waals surface area (Å²) in [5.74, 6) is -3.75. The lowest BCUT2D eigenvalue weighted by Gasteiger charge is -2.16. The first kappa shape index (κ1) is 13.4. The second-order valence-corrected chi connectivity index (χ2v) is 4.72. The summed E-state index contributed by atoms with van der Waals surface area (Å²) in [5.41, 5.74) is 0.0519. The van der Waals surface area contributed by atoms with E-state index >= 15 is 0 Å². The maximum absolute atomic E-state index is 13.3. The topological polar surface area (TPSA) is 55.2 Å². The molecule has 2 heterocycles. The molecule has 5 nitrogen and oxygen atoms in total. The molecule has 2 aromatic rings. The summed E-state index contributed by atoms with van der Waals surface area (Å²) in [5, 5.41) is 0. The van der Waals surface area contributed by atoms with E-state index in [2.05, 4.69) is 4.98 Å². The third-order valence-electron chi connectivity index (χ3n) is 3.37. The van der Waals surface area contributed by atoms with Gasteiger partial charge in [-0.15, -0.1) is 0 Å². The second-order valence-electron chi connectivity index (χ2n) is 4.72. The molecule has 0 spiro atoms. The number of benzene rings is 1. The molecule has 1 aromatic heterocycles. The minimum absolute atomic E-state index is 0.0819. The van der Waals surface area contributed by atoms with Crippen molar-refractivity contribution in [3.8, 4) is 0 Å². The van der Waals surface area contributed by atoms with Crippen molar-refractivity contribution in [1.29, 1.82) is 0 Å². The summed E-state index contributed by atoms with van der Waals surface area (Å²) >= 11 is 0. The standard InChI is InChI=1S/C14H11F2N3O2/c15-10-6-9-12(7-11(10)16)19(14(21)13(9)20)4-1-3-18-5-2-17-8-18/h2,5-8H,1,3-4H2. The van der Waals surface area contributed by atoms with Crippen molar-refractivity contribution in [2.75, 3.05) is 11.4 Å². The number of anilines is 1. The van der Waals surface area contributed by atoms with Crippen LogP contribution in [0.5, 0.6) is 0 Å². The predicted octanol–water partition coefficient (Wildman–Crippen LogP) is 1.78. The van der Waals surface area contributed by atoms with Crippen LogP contribution in [0.4, 0.5) is 14.5 Å². The van der Waals surface area contributed by atoms with Crippen molar-refractivity contribution in [2.24, 2.45) is 0 Å². The molecule has 7 heteroatoms. The van der Waals surface area contributed by atoms with E-state index in [1.54, 1.807) is 18.7 Å². The molecule has 0 unspecified atom stereocenters. The number of ketones is 1. The van der Waals surface area contributed by atoms with E-state index in [9.17, 15) is 18.4 Å². The van der Waals surface area contributed by atoms with E-state index in [0.717, 1.165) is 12.1 Å². The molecular formula is C14H11F2N3O2. The van der Waals surface area contributed by atoms with Crippen LogP contribution in [0.2, 0.25) is 0 Å². The van der Waals surface area contributed by atoms with Crippen molar-refractivity contribution in [1.82, 2.24) is 9.55 Å². The molecule has 0 atom stereocenters. The Morgan fingerprint density at radius 2 is 1.86 bits per heavy atom. The fourth-order valence-electron chi connectivity index (χ4n) is 2.34. The van der Waals surface area contributed by atoms with E-state index < -0.39 is 23.3 Å². The summed E-state index contributed by atoms with van der Waals surface area (Å²) in [6.45, 7) is 0.859. The molecule has 1 aliphatic heterocycles. The number of hydrogen-bond acceptors (Lipinski definition) is 3. The number of aromatic nitrogens is 2. The van der Waals surface area contributed by atoms with Crippen molar-refractivity contribution < 1.29 is 18.4 Å². The Kier molecular flexibility index (Phi) is 3.25. The highest BCUT2D eigenvalue weighted by molar-refractivity contribution is 6.52. The number of nitrogens with zero attached hydrogens (tertiary/aromatic N) is 3. The molecule has 3 rings (SSSR count). The van der Waals surface area contributed by atoms with Gasteiger partial charge in [0.05, 0.1) is 17.6 Å². The van der Waals surface area contributed by atoms with E-state index in [1.165, 1.54) is 4.90 Å². The second kappa shape index (κ2) is 5.08. The summed E-state index contributed by atoms with van der Waals surface area (Å²) < 4.78 is 28.3. The van der Waals surface area contributed by atoms with Crippen molar-refractivity contribution in [3.63, 3.8) is 0 Å². The zero-order valence-corrected chi connectivity index (χ0v) is 10.9. The van der Waals surface area contributed by atoms with Gasteiger partial charge in [-0.1, -0.05) is 0 Å². The lowest BCUT2D eigenvalue weighted by molar-refractivity contribution is -0.114. The fourth-order valence-corrected chi connectivity index (χ4v) is 2.34. The van der Waals surface area contributed by atoms with Crippen molar-refractivity contribution >= 4 is 17.4 Å². The Hall–Kier alpha value is -2.57. The van der Waals surface area contributed by atoms with Crippen molar-refractivity contribution in [3.05, 3.63) is 48.1 Å². The zero-order chi connectivity index (χ0) is 15.0. The Labute approximate surface area is 118 Å². The molecule has 0 bridgehead atoms. The van der Waals surface area contributed by atoms with Gasteiger partial charge in [-0.25, -0.2) is 13.8 Å². The van der Waals surface area contributed by atoms with E-state index in [0.29, 0.717) is 13.0 Å². The van der Waals surface area contributed by atoms with Crippen LogP contribution in [0.3, 0.4) is 0 Å². The number of halogens is 2. The Morgan fingerprint density at radius 3 is 2.57 bits per heavy atom. The van der Waals surface area contributed by atoms with E-state index in [-0.39, 0.29) is 17.8 Å². The first-order valence-corrected chi connectivity index (χ1v) is 6.39. The van der Waals surface area contributed by atoms with Gasteiger partial charge in [-0.05, 0) is 12.5 Å². The number of imidazole rings is 1. The van der Waals surface area contributed by atoms with Gasteiger partial charge < -0.3 is 9.47 Å². The Balaban J connectivity index is 1.79. The molecule has 1 aliphatic rings. The SMILES string of the molecule is O=C1C(=O)N(CCCn2ccnc2)c2cc(F)c(F)cc21. The summed E-state index contributed by atoms with van der Waals surface area (Å²) in [7, 11) is 0. The van der Waals surface area contributed by atoms with Crippen LogP contribution >= 0.6 is 0 Å². The Morgan fingerprint density at radius 1 is 1.10 bits per heavy atom. The lowest BCUT2D eigenvalue weighted by Crippen LogP contribution is -2.31. The normalized spacial score (nSPS) is 13.9. The summed E-state index contributed by atoms with van der Waals surface area (Å²) in [6, 6.07) is 1.67. The van der Waals surface area contributed by atoms with Crippen LogP contribution < -0.4 is 4.90 Å². The van der Waals surface area contributed by atoms with E-state index in [4.69, 9.17) is 0 Å². The maximum atomic E-state index is 13.3. The van der Waals surface area contributed by atoms with Gasteiger partial charge in [-0.2, -0.15) is 0 Å². The Bertz CT molecular complexity index is 713. The average molecular weight is 291 g/mol. The van der Waals surface area contributed by atoms with E-state index in [1.807, 2.05) is 4.57 Å². The first-order valence-electron chi connectivity index (χ1n) is 6.39. The third kappa shape index (κ3) is 2.31. The van der Waals surface area contributed by atoms with Gasteiger partial charge in [0.15, 0.2) is 11.6 Å². The van der Waals surface area contributed by atoms with Gasteiger partial charge in [0, 0.05) is 31.5 Å². The van der Waals surface area contributed by atoms with Gasteiger partial charge in [0.25, 0.3) is 11.7 Å². The molecule has 1 amide bonds. The van der Waals surface area contributed by atoms with Crippen LogP contribution in [0, 0.1) is 11.6 Å². The summed E-state index contributed by atoms with van der Waals surface area (Å²) in [6.07, 6.45) is 5.62. The molecule has 0 aliphatic carbocycles. The van der Waals surface area contributed by atoms with Gasteiger partial charge in [-0.3, -0.25) is 9.59 Å². The van der Waals surface area contributed by atoms with Gasteiger partial charge >= 0.3 is 0 Å². The number of aryl methyl sites for hydroxylation is 1. The molecule has 1 aromatic carbocycles. The number of rotatable bonds is 4. The largest absolute Gasteiger partial charge is 0.337 e.